The molecular weight excluding hydrogens is 264 g/mol. The molecule has 106 valence electrons. The average Bonchev–Trinajstić information content (AvgIpc) is 2.67. The number of aryl methyl sites for hydroxylation is 2. The van der Waals surface area contributed by atoms with E-state index in [1.807, 2.05) is 32.0 Å². The van der Waals surface area contributed by atoms with Crippen LogP contribution in [0.4, 0.5) is 5.69 Å². The summed E-state index contributed by atoms with van der Waals surface area (Å²) in [4.78, 5) is 26.1. The van der Waals surface area contributed by atoms with Crippen molar-refractivity contribution in [2.24, 2.45) is 0 Å². The van der Waals surface area contributed by atoms with Gasteiger partial charge in [0, 0.05) is 5.69 Å². The van der Waals surface area contributed by atoms with Crippen LogP contribution in [0.5, 0.6) is 0 Å². The molecule has 4 heteroatoms. The summed E-state index contributed by atoms with van der Waals surface area (Å²) >= 11 is 0. The maximum absolute atomic E-state index is 12.4. The lowest BCUT2D eigenvalue weighted by atomic mass is 10.1. The van der Waals surface area contributed by atoms with Crippen molar-refractivity contribution in [3.63, 3.8) is 0 Å². The minimum Gasteiger partial charge on any atom is -0.399 e. The summed E-state index contributed by atoms with van der Waals surface area (Å²) in [6.45, 7) is 4.26. The molecular formula is C17H16N2O2. The molecule has 4 nitrogen and oxygen atoms in total. The van der Waals surface area contributed by atoms with Crippen LogP contribution in [0, 0.1) is 13.8 Å². The van der Waals surface area contributed by atoms with Crippen LogP contribution >= 0.6 is 0 Å². The highest BCUT2D eigenvalue weighted by molar-refractivity contribution is 6.21. The molecule has 2 amide bonds. The van der Waals surface area contributed by atoms with Gasteiger partial charge in [-0.1, -0.05) is 23.8 Å². The summed E-state index contributed by atoms with van der Waals surface area (Å²) in [5.74, 6) is -0.529. The standard InChI is InChI=1S/C17H16N2O2/c1-10-3-4-11(2)12(7-10)9-19-16(20)14-6-5-13(18)8-15(14)17(19)21/h3-8H,9,18H2,1-2H3. The quantitative estimate of drug-likeness (QED) is 0.679. The number of nitrogens with zero attached hydrogens (tertiary/aromatic N) is 1. The predicted molar refractivity (Wildman–Crippen MR) is 81.0 cm³/mol. The number of anilines is 1. The Hall–Kier alpha value is -2.62. The lowest BCUT2D eigenvalue weighted by Crippen LogP contribution is -2.29. The highest BCUT2D eigenvalue weighted by atomic mass is 16.2. The Balaban J connectivity index is 1.97. The maximum atomic E-state index is 12.4. The smallest absolute Gasteiger partial charge is 0.261 e. The van der Waals surface area contributed by atoms with E-state index in [1.165, 1.54) is 4.90 Å². The Morgan fingerprint density at radius 2 is 1.67 bits per heavy atom. The lowest BCUT2D eigenvalue weighted by Gasteiger charge is -2.16. The molecule has 0 saturated heterocycles. The van der Waals surface area contributed by atoms with Crippen molar-refractivity contribution < 1.29 is 9.59 Å². The molecule has 0 spiro atoms. The zero-order chi connectivity index (χ0) is 15.1. The summed E-state index contributed by atoms with van der Waals surface area (Å²) in [6, 6.07) is 10.9. The molecule has 1 aliphatic heterocycles. The highest BCUT2D eigenvalue weighted by Gasteiger charge is 2.35. The van der Waals surface area contributed by atoms with Crippen LogP contribution in [0.2, 0.25) is 0 Å². The first kappa shape index (κ1) is 13.4. The fourth-order valence-electron chi connectivity index (χ4n) is 2.59. The van der Waals surface area contributed by atoms with Gasteiger partial charge in [-0.2, -0.15) is 0 Å². The molecule has 0 atom stereocenters. The largest absolute Gasteiger partial charge is 0.399 e. The van der Waals surface area contributed by atoms with Crippen LogP contribution in [0.25, 0.3) is 0 Å². The van der Waals surface area contributed by atoms with Crippen LogP contribution < -0.4 is 5.73 Å². The summed E-state index contributed by atoms with van der Waals surface area (Å²) in [5, 5.41) is 0. The first-order chi connectivity index (χ1) is 9.97. The van der Waals surface area contributed by atoms with E-state index in [0.29, 0.717) is 23.4 Å². The van der Waals surface area contributed by atoms with Crippen molar-refractivity contribution in [2.75, 3.05) is 5.73 Å². The molecule has 21 heavy (non-hydrogen) atoms. The van der Waals surface area contributed by atoms with Crippen LogP contribution in [0.1, 0.15) is 37.4 Å². The molecule has 0 aromatic heterocycles. The number of imide groups is 1. The van der Waals surface area contributed by atoms with Crippen molar-refractivity contribution in [3.8, 4) is 0 Å². The van der Waals surface area contributed by atoms with Crippen LogP contribution in [0.15, 0.2) is 36.4 Å². The minimum atomic E-state index is -0.275. The molecule has 0 saturated carbocycles. The molecule has 1 heterocycles. The van der Waals surface area contributed by atoms with E-state index < -0.39 is 0 Å². The van der Waals surface area contributed by atoms with E-state index in [0.717, 1.165) is 16.7 Å². The Morgan fingerprint density at radius 1 is 0.952 bits per heavy atom. The van der Waals surface area contributed by atoms with Crippen molar-refractivity contribution >= 4 is 17.5 Å². The summed E-state index contributed by atoms with van der Waals surface area (Å²) in [5.41, 5.74) is 10.2. The Bertz CT molecular complexity index is 765. The third kappa shape index (κ3) is 2.18. The Kier molecular flexibility index (Phi) is 3.01. The van der Waals surface area contributed by atoms with E-state index in [1.54, 1.807) is 18.2 Å². The molecule has 0 unspecified atom stereocenters. The number of hydrogen-bond donors (Lipinski definition) is 1. The first-order valence-corrected chi connectivity index (χ1v) is 6.79. The normalized spacial score (nSPS) is 13.7. The first-order valence-electron chi connectivity index (χ1n) is 6.79. The van der Waals surface area contributed by atoms with E-state index in [-0.39, 0.29) is 11.8 Å². The number of carbonyl (C=O) groups is 2. The molecule has 2 aromatic rings. The molecule has 2 aromatic carbocycles. The lowest BCUT2D eigenvalue weighted by molar-refractivity contribution is 0.0642. The second kappa shape index (κ2) is 4.74. The van der Waals surface area contributed by atoms with Gasteiger partial charge in [-0.15, -0.1) is 0 Å². The highest BCUT2D eigenvalue weighted by Crippen LogP contribution is 2.27. The number of amides is 2. The van der Waals surface area contributed by atoms with Crippen molar-refractivity contribution in [1.29, 1.82) is 0 Å². The average molecular weight is 280 g/mol. The van der Waals surface area contributed by atoms with E-state index in [9.17, 15) is 9.59 Å². The third-order valence-corrected chi connectivity index (χ3v) is 3.83. The topological polar surface area (TPSA) is 63.4 Å². The monoisotopic (exact) mass is 280 g/mol. The number of benzene rings is 2. The van der Waals surface area contributed by atoms with Crippen molar-refractivity contribution in [2.45, 2.75) is 20.4 Å². The van der Waals surface area contributed by atoms with Crippen LogP contribution in [-0.4, -0.2) is 16.7 Å². The Morgan fingerprint density at radius 3 is 2.43 bits per heavy atom. The number of carbonyl (C=O) groups excluding carboxylic acids is 2. The minimum absolute atomic E-state index is 0.254. The van der Waals surface area contributed by atoms with Crippen LogP contribution in [-0.2, 0) is 6.54 Å². The van der Waals surface area contributed by atoms with Gasteiger partial charge < -0.3 is 5.73 Å². The zero-order valence-corrected chi connectivity index (χ0v) is 12.0. The number of hydrogen-bond acceptors (Lipinski definition) is 3. The zero-order valence-electron chi connectivity index (χ0n) is 12.0. The number of nitrogen functional groups attached to an aromatic ring is 1. The van der Waals surface area contributed by atoms with Crippen LogP contribution in [0.3, 0.4) is 0 Å². The second-order valence-electron chi connectivity index (χ2n) is 5.43. The fourth-order valence-corrected chi connectivity index (χ4v) is 2.59. The fraction of sp³-hybridized carbons (Fsp3) is 0.176. The predicted octanol–water partition coefficient (Wildman–Crippen LogP) is 2.68. The van der Waals surface area contributed by atoms with E-state index in [2.05, 4.69) is 0 Å². The van der Waals surface area contributed by atoms with Gasteiger partial charge >= 0.3 is 0 Å². The van der Waals surface area contributed by atoms with E-state index >= 15 is 0 Å². The molecule has 0 bridgehead atoms. The van der Waals surface area contributed by atoms with Gasteiger partial charge in [-0.25, -0.2) is 0 Å². The summed E-state index contributed by atoms with van der Waals surface area (Å²) < 4.78 is 0. The number of nitrogens with two attached hydrogens (primary N) is 1. The van der Waals surface area contributed by atoms with Gasteiger partial charge in [0.05, 0.1) is 17.7 Å². The van der Waals surface area contributed by atoms with Gasteiger partial charge in [0.15, 0.2) is 0 Å². The van der Waals surface area contributed by atoms with Gasteiger partial charge in [0.1, 0.15) is 0 Å². The molecule has 1 aliphatic rings. The number of fused-ring (bicyclic) bond motifs is 1. The maximum Gasteiger partial charge on any atom is 0.261 e. The summed E-state index contributed by atoms with van der Waals surface area (Å²) in [7, 11) is 0. The van der Waals surface area contributed by atoms with Gasteiger partial charge in [-0.05, 0) is 43.2 Å². The molecule has 0 radical (unpaired) electrons. The molecule has 0 aliphatic carbocycles. The molecule has 2 N–H and O–H groups in total. The Labute approximate surface area is 123 Å². The molecule has 0 fully saturated rings. The van der Waals surface area contributed by atoms with Crippen molar-refractivity contribution in [3.05, 3.63) is 64.2 Å². The second-order valence-corrected chi connectivity index (χ2v) is 5.43. The van der Waals surface area contributed by atoms with Gasteiger partial charge in [0.2, 0.25) is 0 Å². The van der Waals surface area contributed by atoms with Gasteiger partial charge in [-0.3, -0.25) is 14.5 Å². The van der Waals surface area contributed by atoms with E-state index in [4.69, 9.17) is 5.73 Å². The third-order valence-electron chi connectivity index (χ3n) is 3.83. The SMILES string of the molecule is Cc1ccc(C)c(CN2C(=O)c3ccc(N)cc3C2=O)c1. The molecule has 3 rings (SSSR count). The number of rotatable bonds is 2. The summed E-state index contributed by atoms with van der Waals surface area (Å²) in [6.07, 6.45) is 0. The van der Waals surface area contributed by atoms with Gasteiger partial charge in [0.25, 0.3) is 11.8 Å². The van der Waals surface area contributed by atoms with Crippen molar-refractivity contribution in [1.82, 2.24) is 4.90 Å².